The highest BCUT2D eigenvalue weighted by atomic mass is 15.4. The average Bonchev–Trinajstić information content (AvgIpc) is 3.03. The van der Waals surface area contributed by atoms with Gasteiger partial charge in [0.05, 0.1) is 11.7 Å². The van der Waals surface area contributed by atoms with E-state index in [4.69, 9.17) is 5.10 Å². The van der Waals surface area contributed by atoms with Gasteiger partial charge in [0.1, 0.15) is 5.69 Å². The Labute approximate surface area is 115 Å². The van der Waals surface area contributed by atoms with Gasteiger partial charge in [-0.25, -0.2) is 0 Å². The summed E-state index contributed by atoms with van der Waals surface area (Å²) >= 11 is 0. The van der Waals surface area contributed by atoms with E-state index in [9.17, 15) is 0 Å². The molecule has 0 spiro atoms. The lowest BCUT2D eigenvalue weighted by molar-refractivity contribution is 0.428. The van der Waals surface area contributed by atoms with Crippen LogP contribution in [0.3, 0.4) is 0 Å². The number of anilines is 2. The van der Waals surface area contributed by atoms with Crippen molar-refractivity contribution < 1.29 is 0 Å². The lowest BCUT2D eigenvalue weighted by atomic mass is 9.93. The van der Waals surface area contributed by atoms with Crippen molar-refractivity contribution in [2.45, 2.75) is 45.1 Å². The lowest BCUT2D eigenvalue weighted by Crippen LogP contribution is -2.43. The summed E-state index contributed by atoms with van der Waals surface area (Å²) in [5.41, 5.74) is 2.58. The number of nitrogens with one attached hydrogen (secondary N) is 1. The lowest BCUT2D eigenvalue weighted by Gasteiger charge is -2.35. The molecule has 1 saturated carbocycles. The highest BCUT2D eigenvalue weighted by Gasteiger charge is 2.47. The van der Waals surface area contributed by atoms with Gasteiger partial charge in [-0.1, -0.05) is 19.8 Å². The van der Waals surface area contributed by atoms with Gasteiger partial charge in [0.15, 0.2) is 5.82 Å². The number of aryl methyl sites for hydroxylation is 2. The summed E-state index contributed by atoms with van der Waals surface area (Å²) in [4.78, 5) is 2.66. The smallest absolute Gasteiger partial charge is 0.150 e. The first-order valence-electron chi connectivity index (χ1n) is 7.86. The van der Waals surface area contributed by atoms with Crippen molar-refractivity contribution in [2.24, 2.45) is 18.9 Å². The molecular weight excluding hydrogens is 236 g/mol. The van der Waals surface area contributed by atoms with Crippen LogP contribution in [-0.2, 0) is 13.5 Å². The third-order valence-electron chi connectivity index (χ3n) is 5.38. The fourth-order valence-electron chi connectivity index (χ4n) is 4.62. The van der Waals surface area contributed by atoms with Crippen molar-refractivity contribution in [2.75, 3.05) is 23.3 Å². The molecule has 1 aliphatic carbocycles. The maximum absolute atomic E-state index is 4.75. The van der Waals surface area contributed by atoms with Gasteiger partial charge in [0, 0.05) is 20.1 Å². The summed E-state index contributed by atoms with van der Waals surface area (Å²) in [6.45, 7) is 4.61. The number of hydrogen-bond acceptors (Lipinski definition) is 3. The zero-order chi connectivity index (χ0) is 13.0. The number of hydrogen-bond donors (Lipinski definition) is 1. The van der Waals surface area contributed by atoms with Gasteiger partial charge in [0.2, 0.25) is 0 Å². The van der Waals surface area contributed by atoms with Crippen molar-refractivity contribution in [1.82, 2.24) is 9.78 Å². The van der Waals surface area contributed by atoms with Gasteiger partial charge < -0.3 is 10.2 Å². The van der Waals surface area contributed by atoms with Crippen LogP contribution in [0.15, 0.2) is 0 Å². The minimum atomic E-state index is 0.713. The fraction of sp³-hybridized carbons (Fsp3) is 0.800. The Morgan fingerprint density at radius 3 is 3.11 bits per heavy atom. The molecule has 3 atom stereocenters. The van der Waals surface area contributed by atoms with Crippen molar-refractivity contribution in [1.29, 1.82) is 0 Å². The Bertz CT molecular complexity index is 493. The molecule has 2 aliphatic heterocycles. The van der Waals surface area contributed by atoms with E-state index < -0.39 is 0 Å². The van der Waals surface area contributed by atoms with Crippen LogP contribution in [0, 0.1) is 11.8 Å². The average molecular weight is 260 g/mol. The second-order valence-corrected chi connectivity index (χ2v) is 6.47. The van der Waals surface area contributed by atoms with Crippen LogP contribution >= 0.6 is 0 Å². The van der Waals surface area contributed by atoms with Crippen LogP contribution in [0.2, 0.25) is 0 Å². The molecule has 1 aromatic heterocycles. The fourth-order valence-corrected chi connectivity index (χ4v) is 4.62. The zero-order valence-corrected chi connectivity index (χ0v) is 12.0. The maximum atomic E-state index is 4.75. The highest BCUT2D eigenvalue weighted by molar-refractivity contribution is 5.73. The molecule has 4 rings (SSSR count). The molecule has 1 N–H and O–H groups in total. The minimum Gasteiger partial charge on any atom is -0.378 e. The van der Waals surface area contributed by atoms with Gasteiger partial charge in [-0.3, -0.25) is 4.68 Å². The zero-order valence-electron chi connectivity index (χ0n) is 12.0. The van der Waals surface area contributed by atoms with Crippen molar-refractivity contribution in [3.8, 4) is 0 Å². The van der Waals surface area contributed by atoms with Crippen LogP contribution in [0.1, 0.15) is 38.3 Å². The molecular formula is C15H24N4. The molecule has 0 aromatic carbocycles. The Balaban J connectivity index is 1.72. The molecule has 0 radical (unpaired) electrons. The highest BCUT2D eigenvalue weighted by Crippen LogP contribution is 2.48. The number of nitrogens with zero attached hydrogens (tertiary/aromatic N) is 3. The van der Waals surface area contributed by atoms with E-state index in [1.54, 1.807) is 0 Å². The summed E-state index contributed by atoms with van der Waals surface area (Å²) in [5.74, 6) is 3.21. The van der Waals surface area contributed by atoms with Crippen LogP contribution in [-0.4, -0.2) is 28.9 Å². The minimum absolute atomic E-state index is 0.713. The van der Waals surface area contributed by atoms with Gasteiger partial charge in [-0.2, -0.15) is 5.10 Å². The van der Waals surface area contributed by atoms with Gasteiger partial charge in [-0.15, -0.1) is 0 Å². The maximum Gasteiger partial charge on any atom is 0.150 e. The van der Waals surface area contributed by atoms with E-state index in [1.165, 1.54) is 49.4 Å². The Kier molecular flexibility index (Phi) is 2.54. The van der Waals surface area contributed by atoms with E-state index in [1.807, 2.05) is 0 Å². The van der Waals surface area contributed by atoms with E-state index in [0.29, 0.717) is 6.04 Å². The molecule has 0 amide bonds. The van der Waals surface area contributed by atoms with Crippen LogP contribution in [0.25, 0.3) is 0 Å². The first-order chi connectivity index (χ1) is 9.29. The molecule has 4 heteroatoms. The predicted octanol–water partition coefficient (Wildman–Crippen LogP) is 2.40. The summed E-state index contributed by atoms with van der Waals surface area (Å²) in [6.07, 6.45) is 6.57. The summed E-state index contributed by atoms with van der Waals surface area (Å²) in [5, 5.41) is 8.44. The molecule has 3 aliphatic rings. The van der Waals surface area contributed by atoms with Crippen molar-refractivity contribution in [3.63, 3.8) is 0 Å². The number of fused-ring (bicyclic) bond motifs is 5. The third-order valence-corrected chi connectivity index (χ3v) is 5.38. The van der Waals surface area contributed by atoms with Gasteiger partial charge in [0.25, 0.3) is 0 Å². The van der Waals surface area contributed by atoms with E-state index in [2.05, 4.69) is 28.9 Å². The SMILES string of the molecule is CCCc1nn(C)c2c1NCC1C3CCCC3CN21. The molecule has 4 nitrogen and oxygen atoms in total. The molecule has 19 heavy (non-hydrogen) atoms. The molecule has 0 bridgehead atoms. The number of aromatic nitrogens is 2. The first kappa shape index (κ1) is 11.6. The molecule has 104 valence electrons. The first-order valence-corrected chi connectivity index (χ1v) is 7.86. The summed E-state index contributed by atoms with van der Waals surface area (Å²) in [6, 6.07) is 0.713. The Morgan fingerprint density at radius 1 is 1.37 bits per heavy atom. The Morgan fingerprint density at radius 2 is 2.26 bits per heavy atom. The predicted molar refractivity (Wildman–Crippen MR) is 77.7 cm³/mol. The van der Waals surface area contributed by atoms with Crippen LogP contribution in [0.5, 0.6) is 0 Å². The number of rotatable bonds is 2. The second kappa shape index (κ2) is 4.15. The van der Waals surface area contributed by atoms with Gasteiger partial charge >= 0.3 is 0 Å². The monoisotopic (exact) mass is 260 g/mol. The third kappa shape index (κ3) is 1.55. The molecule has 2 fully saturated rings. The van der Waals surface area contributed by atoms with Gasteiger partial charge in [-0.05, 0) is 31.1 Å². The van der Waals surface area contributed by atoms with E-state index in [0.717, 1.165) is 24.8 Å². The summed E-state index contributed by atoms with van der Waals surface area (Å²) < 4.78 is 2.11. The van der Waals surface area contributed by atoms with Crippen LogP contribution < -0.4 is 10.2 Å². The summed E-state index contributed by atoms with van der Waals surface area (Å²) in [7, 11) is 2.11. The second-order valence-electron chi connectivity index (χ2n) is 6.47. The van der Waals surface area contributed by atoms with E-state index in [-0.39, 0.29) is 0 Å². The molecule has 3 heterocycles. The van der Waals surface area contributed by atoms with Crippen molar-refractivity contribution >= 4 is 11.5 Å². The quantitative estimate of drug-likeness (QED) is 0.886. The van der Waals surface area contributed by atoms with E-state index >= 15 is 0 Å². The molecule has 3 unspecified atom stereocenters. The van der Waals surface area contributed by atoms with Crippen LogP contribution in [0.4, 0.5) is 11.5 Å². The molecule has 1 aromatic rings. The van der Waals surface area contributed by atoms with Crippen molar-refractivity contribution in [3.05, 3.63) is 5.69 Å². The Hall–Kier alpha value is -1.19. The standard InChI is InChI=1S/C15H24N4/c1-3-5-12-14-15(18(2)17-12)19-9-10-6-4-7-11(10)13(19)8-16-14/h10-11,13,16H,3-9H2,1-2H3. The normalized spacial score (nSPS) is 31.9. The largest absolute Gasteiger partial charge is 0.378 e. The molecule has 1 saturated heterocycles. The topological polar surface area (TPSA) is 33.1 Å².